The summed E-state index contributed by atoms with van der Waals surface area (Å²) in [6.07, 6.45) is 0. The van der Waals surface area contributed by atoms with Crippen LogP contribution in [0.15, 0.2) is 12.1 Å². The highest BCUT2D eigenvalue weighted by atomic mass is 16.6. The van der Waals surface area contributed by atoms with Crippen LogP contribution in [-0.4, -0.2) is 26.8 Å². The third-order valence-electron chi connectivity index (χ3n) is 3.56. The molecule has 1 N–H and O–H groups in total. The van der Waals surface area contributed by atoms with Crippen molar-refractivity contribution in [3.63, 3.8) is 0 Å². The largest absolute Gasteiger partial charge is 0.486 e. The van der Waals surface area contributed by atoms with E-state index in [-0.39, 0.29) is 0 Å². The molecule has 1 aromatic rings. The Morgan fingerprint density at radius 1 is 1.17 bits per heavy atom. The number of aryl methyl sites for hydroxylation is 1. The standard InChI is InChI=1S/C15H23NO2/c1-10(2)13(9-16-4)12-8-15-14(7-11(12)3)17-5-6-18-15/h7-8,10,13,16H,5-6,9H2,1-4H3. The molecule has 0 bridgehead atoms. The van der Waals surface area contributed by atoms with Crippen molar-refractivity contribution in [3.8, 4) is 11.5 Å². The number of benzene rings is 1. The molecule has 0 aliphatic carbocycles. The summed E-state index contributed by atoms with van der Waals surface area (Å²) in [5.41, 5.74) is 2.65. The first-order chi connectivity index (χ1) is 8.63. The van der Waals surface area contributed by atoms with Gasteiger partial charge in [0.25, 0.3) is 0 Å². The maximum atomic E-state index is 5.68. The predicted octanol–water partition coefficient (Wildman–Crippen LogP) is 2.73. The molecule has 0 saturated carbocycles. The zero-order valence-corrected chi connectivity index (χ0v) is 11.7. The lowest BCUT2D eigenvalue weighted by molar-refractivity contribution is 0.171. The average molecular weight is 249 g/mol. The minimum atomic E-state index is 0.505. The van der Waals surface area contributed by atoms with Crippen molar-refractivity contribution < 1.29 is 9.47 Å². The first kappa shape index (κ1) is 13.2. The third-order valence-corrected chi connectivity index (χ3v) is 3.56. The molecule has 1 aromatic carbocycles. The number of likely N-dealkylation sites (N-methyl/N-ethyl adjacent to an activating group) is 1. The average Bonchev–Trinajstić information content (AvgIpc) is 2.35. The molecule has 18 heavy (non-hydrogen) atoms. The lowest BCUT2D eigenvalue weighted by atomic mass is 9.85. The number of hydrogen-bond acceptors (Lipinski definition) is 3. The molecule has 1 aliphatic rings. The molecular weight excluding hydrogens is 226 g/mol. The van der Waals surface area contributed by atoms with Crippen molar-refractivity contribution in [2.24, 2.45) is 5.92 Å². The number of nitrogens with one attached hydrogen (secondary N) is 1. The fraction of sp³-hybridized carbons (Fsp3) is 0.600. The van der Waals surface area contributed by atoms with Gasteiger partial charge in [0.15, 0.2) is 11.5 Å². The Labute approximate surface area is 109 Å². The van der Waals surface area contributed by atoms with E-state index in [9.17, 15) is 0 Å². The van der Waals surface area contributed by atoms with Crippen LogP contribution in [0.2, 0.25) is 0 Å². The van der Waals surface area contributed by atoms with Gasteiger partial charge in [-0.05, 0) is 49.1 Å². The van der Waals surface area contributed by atoms with Gasteiger partial charge in [0.2, 0.25) is 0 Å². The van der Waals surface area contributed by atoms with Crippen LogP contribution in [0.5, 0.6) is 11.5 Å². The van der Waals surface area contributed by atoms with Crippen LogP contribution in [0, 0.1) is 12.8 Å². The van der Waals surface area contributed by atoms with Gasteiger partial charge >= 0.3 is 0 Å². The third kappa shape index (κ3) is 2.61. The molecule has 0 saturated heterocycles. The zero-order valence-electron chi connectivity index (χ0n) is 11.7. The van der Waals surface area contributed by atoms with E-state index in [0.717, 1.165) is 18.0 Å². The molecule has 1 atom stereocenters. The number of fused-ring (bicyclic) bond motifs is 1. The lowest BCUT2D eigenvalue weighted by Gasteiger charge is -2.26. The summed E-state index contributed by atoms with van der Waals surface area (Å²) >= 11 is 0. The SMILES string of the molecule is CNCC(c1cc2c(cc1C)OCCO2)C(C)C. The van der Waals surface area contributed by atoms with Crippen LogP contribution in [-0.2, 0) is 0 Å². The second-order valence-corrected chi connectivity index (χ2v) is 5.26. The zero-order chi connectivity index (χ0) is 13.1. The normalized spacial score (nSPS) is 15.8. The second kappa shape index (κ2) is 5.61. The van der Waals surface area contributed by atoms with Crippen molar-refractivity contribution >= 4 is 0 Å². The van der Waals surface area contributed by atoms with Crippen LogP contribution in [0.4, 0.5) is 0 Å². The Morgan fingerprint density at radius 2 is 1.78 bits per heavy atom. The second-order valence-electron chi connectivity index (χ2n) is 5.26. The van der Waals surface area contributed by atoms with Crippen molar-refractivity contribution in [2.75, 3.05) is 26.8 Å². The highest BCUT2D eigenvalue weighted by Gasteiger charge is 2.21. The molecule has 1 unspecified atom stereocenters. The summed E-state index contributed by atoms with van der Waals surface area (Å²) in [6.45, 7) is 8.96. The van der Waals surface area contributed by atoms with Crippen LogP contribution in [0.3, 0.4) is 0 Å². The quantitative estimate of drug-likeness (QED) is 0.890. The van der Waals surface area contributed by atoms with E-state index in [4.69, 9.17) is 9.47 Å². The Morgan fingerprint density at radius 3 is 2.33 bits per heavy atom. The molecule has 100 valence electrons. The molecule has 3 nitrogen and oxygen atoms in total. The molecule has 0 aromatic heterocycles. The van der Waals surface area contributed by atoms with E-state index in [0.29, 0.717) is 25.0 Å². The van der Waals surface area contributed by atoms with Crippen LogP contribution >= 0.6 is 0 Å². The Kier molecular flexibility index (Phi) is 4.12. The Bertz CT molecular complexity index is 415. The number of ether oxygens (including phenoxy) is 2. The minimum Gasteiger partial charge on any atom is -0.486 e. The summed E-state index contributed by atoms with van der Waals surface area (Å²) in [5.74, 6) is 2.88. The molecule has 0 radical (unpaired) electrons. The molecular formula is C15H23NO2. The minimum absolute atomic E-state index is 0.505. The summed E-state index contributed by atoms with van der Waals surface area (Å²) in [4.78, 5) is 0. The fourth-order valence-corrected chi connectivity index (χ4v) is 2.53. The fourth-order valence-electron chi connectivity index (χ4n) is 2.53. The molecule has 3 heteroatoms. The van der Waals surface area contributed by atoms with Gasteiger partial charge in [0.05, 0.1) is 0 Å². The van der Waals surface area contributed by atoms with E-state index in [1.807, 2.05) is 7.05 Å². The maximum Gasteiger partial charge on any atom is 0.161 e. The van der Waals surface area contributed by atoms with Crippen molar-refractivity contribution in [1.29, 1.82) is 0 Å². The molecule has 0 spiro atoms. The first-order valence-electron chi connectivity index (χ1n) is 6.68. The van der Waals surface area contributed by atoms with Gasteiger partial charge in [0, 0.05) is 6.54 Å². The van der Waals surface area contributed by atoms with Crippen LogP contribution in [0.25, 0.3) is 0 Å². The Balaban J connectivity index is 2.36. The number of rotatable bonds is 4. The Hall–Kier alpha value is -1.22. The van der Waals surface area contributed by atoms with E-state index >= 15 is 0 Å². The van der Waals surface area contributed by atoms with Crippen molar-refractivity contribution in [3.05, 3.63) is 23.3 Å². The predicted molar refractivity (Wildman–Crippen MR) is 73.7 cm³/mol. The summed E-state index contributed by atoms with van der Waals surface area (Å²) in [6, 6.07) is 4.26. The van der Waals surface area contributed by atoms with E-state index in [2.05, 4.69) is 38.2 Å². The van der Waals surface area contributed by atoms with E-state index in [1.165, 1.54) is 11.1 Å². The first-order valence-corrected chi connectivity index (χ1v) is 6.68. The topological polar surface area (TPSA) is 30.5 Å². The van der Waals surface area contributed by atoms with Gasteiger partial charge in [-0.15, -0.1) is 0 Å². The molecule has 1 heterocycles. The van der Waals surface area contributed by atoms with Gasteiger partial charge in [-0.3, -0.25) is 0 Å². The van der Waals surface area contributed by atoms with Gasteiger partial charge in [-0.25, -0.2) is 0 Å². The van der Waals surface area contributed by atoms with Crippen molar-refractivity contribution in [1.82, 2.24) is 5.32 Å². The van der Waals surface area contributed by atoms with Crippen LogP contribution < -0.4 is 14.8 Å². The molecule has 0 amide bonds. The van der Waals surface area contributed by atoms with Gasteiger partial charge in [-0.1, -0.05) is 13.8 Å². The van der Waals surface area contributed by atoms with Crippen molar-refractivity contribution in [2.45, 2.75) is 26.7 Å². The summed E-state index contributed by atoms with van der Waals surface area (Å²) in [7, 11) is 2.00. The number of hydrogen-bond donors (Lipinski definition) is 1. The molecule has 1 aliphatic heterocycles. The van der Waals surface area contributed by atoms with E-state index in [1.54, 1.807) is 0 Å². The maximum absolute atomic E-state index is 5.68. The smallest absolute Gasteiger partial charge is 0.161 e. The van der Waals surface area contributed by atoms with Gasteiger partial charge < -0.3 is 14.8 Å². The lowest BCUT2D eigenvalue weighted by Crippen LogP contribution is -2.23. The van der Waals surface area contributed by atoms with E-state index < -0.39 is 0 Å². The highest BCUT2D eigenvalue weighted by molar-refractivity contribution is 5.49. The summed E-state index contributed by atoms with van der Waals surface area (Å²) < 4.78 is 11.3. The van der Waals surface area contributed by atoms with Crippen LogP contribution in [0.1, 0.15) is 30.9 Å². The highest BCUT2D eigenvalue weighted by Crippen LogP contribution is 2.37. The van der Waals surface area contributed by atoms with Gasteiger partial charge in [0.1, 0.15) is 13.2 Å². The molecule has 2 rings (SSSR count). The summed E-state index contributed by atoms with van der Waals surface area (Å²) in [5, 5.41) is 3.28. The molecule has 0 fully saturated rings. The van der Waals surface area contributed by atoms with Gasteiger partial charge in [-0.2, -0.15) is 0 Å². The monoisotopic (exact) mass is 249 g/mol.